The van der Waals surface area contributed by atoms with Crippen LogP contribution in [0.3, 0.4) is 0 Å². The molecule has 1 aromatic heterocycles. The molecule has 0 saturated heterocycles. The number of hydrogen-bond acceptors (Lipinski definition) is 6. The van der Waals surface area contributed by atoms with Crippen LogP contribution in [-0.4, -0.2) is 25.9 Å². The van der Waals surface area contributed by atoms with Crippen LogP contribution >= 0.6 is 0 Å². The minimum atomic E-state index is -3.54. The van der Waals surface area contributed by atoms with E-state index in [4.69, 9.17) is 9.15 Å². The van der Waals surface area contributed by atoms with Crippen molar-refractivity contribution in [3.63, 3.8) is 0 Å². The van der Waals surface area contributed by atoms with Crippen molar-refractivity contribution in [2.24, 2.45) is 0 Å². The number of aryl methyl sites for hydroxylation is 1. The van der Waals surface area contributed by atoms with Crippen molar-refractivity contribution in [1.82, 2.24) is 4.98 Å². The van der Waals surface area contributed by atoms with E-state index < -0.39 is 9.84 Å². The molecule has 0 aliphatic heterocycles. The summed E-state index contributed by atoms with van der Waals surface area (Å²) < 4.78 is 36.5. The smallest absolute Gasteiger partial charge is 0.255 e. The summed E-state index contributed by atoms with van der Waals surface area (Å²) in [6, 6.07) is 22.1. The van der Waals surface area contributed by atoms with Gasteiger partial charge in [-0.25, -0.2) is 13.4 Å². The number of benzene rings is 3. The molecule has 34 heavy (non-hydrogen) atoms. The molecule has 1 heterocycles. The molecule has 0 aliphatic carbocycles. The van der Waals surface area contributed by atoms with Gasteiger partial charge in [-0.15, -0.1) is 0 Å². The number of aromatic nitrogens is 1. The molecule has 7 nitrogen and oxygen atoms in total. The van der Waals surface area contributed by atoms with Gasteiger partial charge in [-0.3, -0.25) is 4.79 Å². The van der Waals surface area contributed by atoms with Crippen LogP contribution in [0.4, 0.5) is 5.69 Å². The molecule has 0 radical (unpaired) electrons. The molecule has 0 spiro atoms. The monoisotopic (exact) mass is 476 g/mol. The average molecular weight is 477 g/mol. The number of amides is 1. The van der Waals surface area contributed by atoms with E-state index in [0.717, 1.165) is 5.75 Å². The Labute approximate surface area is 198 Å². The quantitative estimate of drug-likeness (QED) is 0.372. The van der Waals surface area contributed by atoms with Gasteiger partial charge in [-0.2, -0.15) is 0 Å². The lowest BCUT2D eigenvalue weighted by molar-refractivity contribution is 0.102. The second-order valence-electron chi connectivity index (χ2n) is 7.58. The van der Waals surface area contributed by atoms with Crippen LogP contribution in [0.25, 0.3) is 11.5 Å². The minimum absolute atomic E-state index is 0.238. The lowest BCUT2D eigenvalue weighted by Gasteiger charge is -2.07. The number of oxazole rings is 1. The van der Waals surface area contributed by atoms with E-state index in [9.17, 15) is 13.2 Å². The highest BCUT2D eigenvalue weighted by molar-refractivity contribution is 7.90. The third kappa shape index (κ3) is 5.35. The number of sulfone groups is 1. The Kier molecular flexibility index (Phi) is 6.79. The molecule has 0 fully saturated rings. The molecule has 4 rings (SSSR count). The summed E-state index contributed by atoms with van der Waals surface area (Å²) in [6.45, 7) is 4.17. The van der Waals surface area contributed by atoms with Crippen molar-refractivity contribution >= 4 is 21.4 Å². The standard InChI is InChI=1S/C26H24N2O5S/c1-3-32-22-15-13-21(14-16-22)27-25(29)19-9-11-20(12-10-19)26-28-24(18(2)33-26)17-34(30,31)23-7-5-4-6-8-23/h4-16H,3,17H2,1-2H3,(H,27,29). The summed E-state index contributed by atoms with van der Waals surface area (Å²) in [7, 11) is -3.54. The first kappa shape index (κ1) is 23.3. The number of carbonyl (C=O) groups excluding carboxylic acids is 1. The lowest BCUT2D eigenvalue weighted by Crippen LogP contribution is -2.11. The van der Waals surface area contributed by atoms with Crippen molar-refractivity contribution in [2.45, 2.75) is 24.5 Å². The summed E-state index contributed by atoms with van der Waals surface area (Å²) in [4.78, 5) is 17.2. The highest BCUT2D eigenvalue weighted by Gasteiger charge is 2.21. The Balaban J connectivity index is 1.46. The van der Waals surface area contributed by atoms with Crippen LogP contribution in [0.5, 0.6) is 5.75 Å². The summed E-state index contributed by atoms with van der Waals surface area (Å²) >= 11 is 0. The van der Waals surface area contributed by atoms with Gasteiger partial charge in [0.25, 0.3) is 5.91 Å². The second kappa shape index (κ2) is 9.93. The number of hydrogen-bond donors (Lipinski definition) is 1. The molecule has 3 aromatic carbocycles. The molecule has 0 bridgehead atoms. The maximum absolute atomic E-state index is 12.7. The van der Waals surface area contributed by atoms with Gasteiger partial charge >= 0.3 is 0 Å². The molecular weight excluding hydrogens is 452 g/mol. The average Bonchev–Trinajstić information content (AvgIpc) is 3.20. The van der Waals surface area contributed by atoms with Crippen LogP contribution in [0.15, 0.2) is 88.2 Å². The molecule has 0 unspecified atom stereocenters. The van der Waals surface area contributed by atoms with E-state index in [-0.39, 0.29) is 16.6 Å². The van der Waals surface area contributed by atoms with Crippen molar-refractivity contribution in [3.05, 3.63) is 95.9 Å². The molecule has 4 aromatic rings. The minimum Gasteiger partial charge on any atom is -0.494 e. The van der Waals surface area contributed by atoms with Crippen LogP contribution in [0.1, 0.15) is 28.7 Å². The molecular formula is C26H24N2O5S. The molecule has 8 heteroatoms. The van der Waals surface area contributed by atoms with Gasteiger partial charge in [0.15, 0.2) is 9.84 Å². The van der Waals surface area contributed by atoms with E-state index in [1.165, 1.54) is 0 Å². The Morgan fingerprint density at radius 3 is 2.29 bits per heavy atom. The molecule has 0 saturated carbocycles. The van der Waals surface area contributed by atoms with E-state index >= 15 is 0 Å². The maximum atomic E-state index is 12.7. The first-order chi connectivity index (χ1) is 16.4. The van der Waals surface area contributed by atoms with E-state index in [0.29, 0.717) is 40.8 Å². The van der Waals surface area contributed by atoms with Crippen LogP contribution in [0, 0.1) is 6.92 Å². The molecule has 0 atom stereocenters. The predicted molar refractivity (Wildman–Crippen MR) is 130 cm³/mol. The largest absolute Gasteiger partial charge is 0.494 e. The predicted octanol–water partition coefficient (Wildman–Crippen LogP) is 5.27. The van der Waals surface area contributed by atoms with Gasteiger partial charge in [-0.05, 0) is 74.5 Å². The number of anilines is 1. The number of nitrogens with zero attached hydrogens (tertiary/aromatic N) is 1. The van der Waals surface area contributed by atoms with Gasteiger partial charge in [0.2, 0.25) is 5.89 Å². The fraction of sp³-hybridized carbons (Fsp3) is 0.154. The highest BCUT2D eigenvalue weighted by atomic mass is 32.2. The molecule has 0 aliphatic rings. The van der Waals surface area contributed by atoms with Gasteiger partial charge in [0, 0.05) is 16.8 Å². The zero-order valence-corrected chi connectivity index (χ0v) is 19.6. The Morgan fingerprint density at radius 1 is 0.971 bits per heavy atom. The molecule has 174 valence electrons. The number of carbonyl (C=O) groups is 1. The summed E-state index contributed by atoms with van der Waals surface area (Å²) in [5.74, 6) is 0.964. The summed E-state index contributed by atoms with van der Waals surface area (Å²) in [5, 5.41) is 2.84. The van der Waals surface area contributed by atoms with Gasteiger partial charge in [0.1, 0.15) is 17.3 Å². The Bertz CT molecular complexity index is 1380. The molecule has 1 amide bonds. The maximum Gasteiger partial charge on any atom is 0.255 e. The normalized spacial score (nSPS) is 11.2. The number of nitrogens with one attached hydrogen (secondary N) is 1. The van der Waals surface area contributed by atoms with E-state index in [1.54, 1.807) is 85.8 Å². The zero-order valence-electron chi connectivity index (χ0n) is 18.8. The fourth-order valence-corrected chi connectivity index (χ4v) is 4.71. The topological polar surface area (TPSA) is 98.5 Å². The Hall–Kier alpha value is -3.91. The van der Waals surface area contributed by atoms with E-state index in [2.05, 4.69) is 10.3 Å². The van der Waals surface area contributed by atoms with Crippen LogP contribution in [0.2, 0.25) is 0 Å². The van der Waals surface area contributed by atoms with Crippen molar-refractivity contribution in [1.29, 1.82) is 0 Å². The Morgan fingerprint density at radius 2 is 1.65 bits per heavy atom. The third-order valence-electron chi connectivity index (χ3n) is 5.14. The first-order valence-corrected chi connectivity index (χ1v) is 12.4. The number of ether oxygens (including phenoxy) is 1. The first-order valence-electron chi connectivity index (χ1n) is 10.7. The lowest BCUT2D eigenvalue weighted by atomic mass is 10.1. The van der Waals surface area contributed by atoms with Gasteiger partial charge in [-0.1, -0.05) is 18.2 Å². The summed E-state index contributed by atoms with van der Waals surface area (Å²) in [6.07, 6.45) is 0. The molecule has 1 N–H and O–H groups in total. The third-order valence-corrected chi connectivity index (χ3v) is 6.78. The zero-order chi connectivity index (χ0) is 24.1. The van der Waals surface area contributed by atoms with Gasteiger partial charge < -0.3 is 14.5 Å². The second-order valence-corrected chi connectivity index (χ2v) is 9.57. The van der Waals surface area contributed by atoms with Crippen molar-refractivity contribution < 1.29 is 22.4 Å². The van der Waals surface area contributed by atoms with E-state index in [1.807, 2.05) is 6.92 Å². The van der Waals surface area contributed by atoms with Crippen molar-refractivity contribution in [2.75, 3.05) is 11.9 Å². The van der Waals surface area contributed by atoms with Crippen LogP contribution < -0.4 is 10.1 Å². The van der Waals surface area contributed by atoms with Gasteiger partial charge in [0.05, 0.1) is 17.2 Å². The van der Waals surface area contributed by atoms with Crippen LogP contribution in [-0.2, 0) is 15.6 Å². The number of rotatable bonds is 8. The highest BCUT2D eigenvalue weighted by Crippen LogP contribution is 2.25. The fourth-order valence-electron chi connectivity index (χ4n) is 3.35. The SMILES string of the molecule is CCOc1ccc(NC(=O)c2ccc(-c3nc(CS(=O)(=O)c4ccccc4)c(C)o3)cc2)cc1. The summed E-state index contributed by atoms with van der Waals surface area (Å²) in [5.41, 5.74) is 2.12. The van der Waals surface area contributed by atoms with Crippen molar-refractivity contribution in [3.8, 4) is 17.2 Å².